The van der Waals surface area contributed by atoms with Crippen molar-refractivity contribution in [3.63, 3.8) is 0 Å². The minimum absolute atomic E-state index is 0.241. The fraction of sp³-hybridized carbons (Fsp3) is 0.148. The molecule has 1 amide bonds. The lowest BCUT2D eigenvalue weighted by atomic mass is 10.0. The molecule has 34 heavy (non-hydrogen) atoms. The summed E-state index contributed by atoms with van der Waals surface area (Å²) in [6, 6.07) is 20.7. The maximum Gasteiger partial charge on any atom is 0.263 e. The van der Waals surface area contributed by atoms with Crippen molar-refractivity contribution in [2.75, 3.05) is 11.9 Å². The molecule has 7 heteroatoms. The number of anilines is 1. The van der Waals surface area contributed by atoms with Gasteiger partial charge in [-0.25, -0.2) is 4.98 Å². The smallest absolute Gasteiger partial charge is 0.263 e. The first-order valence-corrected chi connectivity index (χ1v) is 11.9. The number of nitrogens with one attached hydrogen (secondary N) is 1. The molecule has 5 aromatic rings. The molecule has 6 nitrogen and oxygen atoms in total. The summed E-state index contributed by atoms with van der Waals surface area (Å²) in [6.45, 7) is 4.06. The first-order chi connectivity index (χ1) is 16.6. The summed E-state index contributed by atoms with van der Waals surface area (Å²) in [5.41, 5.74) is 2.10. The van der Waals surface area contributed by atoms with Crippen LogP contribution in [-0.4, -0.2) is 22.1 Å². The number of para-hydroxylation sites is 2. The molecule has 170 valence electrons. The van der Waals surface area contributed by atoms with Crippen LogP contribution in [0.2, 0.25) is 0 Å². The zero-order valence-electron chi connectivity index (χ0n) is 18.8. The van der Waals surface area contributed by atoms with E-state index < -0.39 is 6.04 Å². The van der Waals surface area contributed by atoms with Gasteiger partial charge in [-0.3, -0.25) is 14.2 Å². The van der Waals surface area contributed by atoms with E-state index in [1.807, 2.05) is 42.6 Å². The largest absolute Gasteiger partial charge is 0.492 e. The maximum absolute atomic E-state index is 13.5. The quantitative estimate of drug-likeness (QED) is 0.337. The summed E-state index contributed by atoms with van der Waals surface area (Å²) in [4.78, 5) is 31.7. The van der Waals surface area contributed by atoms with Crippen LogP contribution in [0.25, 0.3) is 32.1 Å². The van der Waals surface area contributed by atoms with Gasteiger partial charge in [0.05, 0.1) is 24.0 Å². The standard InChI is InChI=1S/C27H23N3O3S/c1-3-33-23-11-7-6-10-22(23)29-25(31)17(2)30-16-28-26-24(27(30)32)21(15-34-26)20-13-12-18-8-4-5-9-19(18)14-20/h4-17H,3H2,1-2H3,(H,29,31). The second-order valence-corrected chi connectivity index (χ2v) is 8.80. The van der Waals surface area contributed by atoms with Crippen LogP contribution >= 0.6 is 11.3 Å². The molecule has 0 fully saturated rings. The molecule has 0 spiro atoms. The van der Waals surface area contributed by atoms with E-state index in [1.54, 1.807) is 19.1 Å². The Morgan fingerprint density at radius 2 is 1.85 bits per heavy atom. The van der Waals surface area contributed by atoms with Gasteiger partial charge in [0.2, 0.25) is 5.91 Å². The van der Waals surface area contributed by atoms with Crippen LogP contribution in [-0.2, 0) is 4.79 Å². The van der Waals surface area contributed by atoms with Gasteiger partial charge in [0.1, 0.15) is 16.6 Å². The number of rotatable bonds is 6. The number of thiophene rings is 1. The topological polar surface area (TPSA) is 73.2 Å². The number of aromatic nitrogens is 2. The third-order valence-corrected chi connectivity index (χ3v) is 6.71. The van der Waals surface area contributed by atoms with Crippen molar-refractivity contribution in [1.29, 1.82) is 0 Å². The van der Waals surface area contributed by atoms with Gasteiger partial charge in [0.25, 0.3) is 5.56 Å². The lowest BCUT2D eigenvalue weighted by molar-refractivity contribution is -0.118. The molecule has 0 saturated heterocycles. The summed E-state index contributed by atoms with van der Waals surface area (Å²) in [5, 5.41) is 7.60. The Hall–Kier alpha value is -3.97. The van der Waals surface area contributed by atoms with Crippen LogP contribution in [0.1, 0.15) is 19.9 Å². The number of carbonyl (C=O) groups is 1. The molecule has 2 aromatic heterocycles. The van der Waals surface area contributed by atoms with Gasteiger partial charge in [-0.2, -0.15) is 0 Å². The second-order valence-electron chi connectivity index (χ2n) is 7.94. The van der Waals surface area contributed by atoms with Crippen LogP contribution < -0.4 is 15.6 Å². The number of carbonyl (C=O) groups excluding carboxylic acids is 1. The van der Waals surface area contributed by atoms with E-state index in [2.05, 4.69) is 34.6 Å². The van der Waals surface area contributed by atoms with E-state index in [-0.39, 0.29) is 11.5 Å². The van der Waals surface area contributed by atoms with Crippen LogP contribution in [0.5, 0.6) is 5.75 Å². The molecule has 0 aliphatic heterocycles. The van der Waals surface area contributed by atoms with Crippen LogP contribution in [0.3, 0.4) is 0 Å². The molecule has 1 N–H and O–H groups in total. The van der Waals surface area contributed by atoms with Gasteiger partial charge in [-0.1, -0.05) is 48.5 Å². The van der Waals surface area contributed by atoms with Gasteiger partial charge in [0.15, 0.2) is 0 Å². The highest BCUT2D eigenvalue weighted by Gasteiger charge is 2.21. The maximum atomic E-state index is 13.5. The molecule has 5 rings (SSSR count). The molecular formula is C27H23N3O3S. The minimum atomic E-state index is -0.761. The average molecular weight is 470 g/mol. The van der Waals surface area contributed by atoms with Crippen molar-refractivity contribution in [2.24, 2.45) is 0 Å². The Morgan fingerprint density at radius 3 is 2.68 bits per heavy atom. The number of hydrogen-bond donors (Lipinski definition) is 1. The molecule has 1 unspecified atom stereocenters. The predicted molar refractivity (Wildman–Crippen MR) is 138 cm³/mol. The van der Waals surface area contributed by atoms with E-state index in [1.165, 1.54) is 22.2 Å². The van der Waals surface area contributed by atoms with E-state index in [0.29, 0.717) is 28.3 Å². The average Bonchev–Trinajstić information content (AvgIpc) is 3.30. The van der Waals surface area contributed by atoms with Gasteiger partial charge < -0.3 is 10.1 Å². The summed E-state index contributed by atoms with van der Waals surface area (Å²) < 4.78 is 6.98. The van der Waals surface area contributed by atoms with Gasteiger partial charge >= 0.3 is 0 Å². The number of fused-ring (bicyclic) bond motifs is 2. The Balaban J connectivity index is 1.51. The normalized spacial score (nSPS) is 12.1. The molecular weight excluding hydrogens is 446 g/mol. The van der Waals surface area contributed by atoms with Crippen molar-refractivity contribution >= 4 is 43.9 Å². The van der Waals surface area contributed by atoms with E-state index in [9.17, 15) is 9.59 Å². The fourth-order valence-corrected chi connectivity index (χ4v) is 4.91. The number of amides is 1. The first kappa shape index (κ1) is 21.9. The Morgan fingerprint density at radius 1 is 1.09 bits per heavy atom. The summed E-state index contributed by atoms with van der Waals surface area (Å²) in [6.07, 6.45) is 1.45. The third kappa shape index (κ3) is 3.95. The van der Waals surface area contributed by atoms with Crippen LogP contribution in [0.15, 0.2) is 83.2 Å². The molecule has 0 aliphatic carbocycles. The highest BCUT2D eigenvalue weighted by molar-refractivity contribution is 7.17. The zero-order valence-corrected chi connectivity index (χ0v) is 19.6. The minimum Gasteiger partial charge on any atom is -0.492 e. The van der Waals surface area contributed by atoms with Gasteiger partial charge in [-0.15, -0.1) is 11.3 Å². The van der Waals surface area contributed by atoms with Crippen LogP contribution in [0.4, 0.5) is 5.69 Å². The second kappa shape index (κ2) is 9.11. The van der Waals surface area contributed by atoms with Crippen molar-refractivity contribution < 1.29 is 9.53 Å². The SMILES string of the molecule is CCOc1ccccc1NC(=O)C(C)n1cnc2scc(-c3ccc4ccccc4c3)c2c1=O. The van der Waals surface area contributed by atoms with Crippen molar-refractivity contribution in [2.45, 2.75) is 19.9 Å². The van der Waals surface area contributed by atoms with Crippen molar-refractivity contribution in [3.8, 4) is 16.9 Å². The van der Waals surface area contributed by atoms with Crippen molar-refractivity contribution in [3.05, 3.63) is 88.8 Å². The summed E-state index contributed by atoms with van der Waals surface area (Å²) in [7, 11) is 0. The summed E-state index contributed by atoms with van der Waals surface area (Å²) in [5.74, 6) is 0.265. The predicted octanol–water partition coefficient (Wildman–Crippen LogP) is 5.88. The van der Waals surface area contributed by atoms with E-state index in [4.69, 9.17) is 4.74 Å². The number of benzene rings is 3. The van der Waals surface area contributed by atoms with E-state index in [0.717, 1.165) is 21.9 Å². The molecule has 0 bridgehead atoms. The zero-order chi connectivity index (χ0) is 23.7. The molecule has 1 atom stereocenters. The van der Waals surface area contributed by atoms with Crippen molar-refractivity contribution in [1.82, 2.24) is 9.55 Å². The molecule has 0 aliphatic rings. The number of ether oxygens (including phenoxy) is 1. The highest BCUT2D eigenvalue weighted by Crippen LogP contribution is 2.33. The van der Waals surface area contributed by atoms with Gasteiger partial charge in [-0.05, 0) is 48.4 Å². The number of hydrogen-bond acceptors (Lipinski definition) is 5. The van der Waals surface area contributed by atoms with Crippen LogP contribution in [0, 0.1) is 0 Å². The van der Waals surface area contributed by atoms with Gasteiger partial charge in [0, 0.05) is 10.9 Å². The highest BCUT2D eigenvalue weighted by atomic mass is 32.1. The summed E-state index contributed by atoms with van der Waals surface area (Å²) >= 11 is 1.43. The monoisotopic (exact) mass is 469 g/mol. The Kier molecular flexibility index (Phi) is 5.86. The number of nitrogens with zero attached hydrogens (tertiary/aromatic N) is 2. The Bertz CT molecular complexity index is 1570. The fourth-order valence-electron chi connectivity index (χ4n) is 4.01. The molecule has 3 aromatic carbocycles. The Labute approximate surface area is 200 Å². The lowest BCUT2D eigenvalue weighted by Gasteiger charge is -2.17. The molecule has 0 radical (unpaired) electrons. The molecule has 2 heterocycles. The van der Waals surface area contributed by atoms with E-state index >= 15 is 0 Å². The first-order valence-electron chi connectivity index (χ1n) is 11.1. The lowest BCUT2D eigenvalue weighted by Crippen LogP contribution is -2.31. The third-order valence-electron chi connectivity index (χ3n) is 5.82. The molecule has 0 saturated carbocycles.